The second-order valence-corrected chi connectivity index (χ2v) is 7.75. The van der Waals surface area contributed by atoms with E-state index in [9.17, 15) is 23.3 Å². The van der Waals surface area contributed by atoms with Crippen LogP contribution in [0.25, 0.3) is 0 Å². The molecule has 7 nitrogen and oxygen atoms in total. The number of carbonyl (C=O) groups excluding carboxylic acids is 1. The van der Waals surface area contributed by atoms with Crippen molar-refractivity contribution in [2.75, 3.05) is 10.7 Å². The summed E-state index contributed by atoms with van der Waals surface area (Å²) in [7, 11) is -3.82. The Hall–Kier alpha value is -2.45. The van der Waals surface area contributed by atoms with Gasteiger partial charge in [0.2, 0.25) is 5.91 Å². The number of amides is 1. The van der Waals surface area contributed by atoms with E-state index in [4.69, 9.17) is 11.6 Å². The second kappa shape index (κ2) is 5.88. The third-order valence-electron chi connectivity index (χ3n) is 3.64. The van der Waals surface area contributed by atoms with Crippen molar-refractivity contribution in [2.24, 2.45) is 0 Å². The molecule has 1 amide bonds. The quantitative estimate of drug-likeness (QED) is 0.614. The summed E-state index contributed by atoms with van der Waals surface area (Å²) in [4.78, 5) is 23.7. The fourth-order valence-electron chi connectivity index (χ4n) is 2.64. The number of nitrogens with zero attached hydrogens (tertiary/aromatic N) is 2. The van der Waals surface area contributed by atoms with Gasteiger partial charge in [-0.2, -0.15) is 0 Å². The number of nitro benzene ring substituents is 1. The molecule has 1 aliphatic heterocycles. The highest BCUT2D eigenvalue weighted by atomic mass is 35.5. The maximum Gasteiger partial charge on any atom is 0.269 e. The Morgan fingerprint density at radius 3 is 2.46 bits per heavy atom. The topological polar surface area (TPSA) is 97.6 Å². The maximum atomic E-state index is 12.4. The van der Waals surface area contributed by atoms with Crippen LogP contribution in [-0.4, -0.2) is 25.0 Å². The molecule has 0 N–H and O–H groups in total. The normalized spacial score (nSPS) is 19.5. The van der Waals surface area contributed by atoms with Gasteiger partial charge >= 0.3 is 0 Å². The molecule has 0 spiro atoms. The van der Waals surface area contributed by atoms with Crippen molar-refractivity contribution in [1.82, 2.24) is 0 Å². The summed E-state index contributed by atoms with van der Waals surface area (Å²) in [5.41, 5.74) is 0.296. The number of hydrogen-bond donors (Lipinski definition) is 0. The molecule has 3 rings (SSSR count). The number of anilines is 1. The maximum absolute atomic E-state index is 12.4. The Morgan fingerprint density at radius 1 is 1.17 bits per heavy atom. The molecule has 0 radical (unpaired) electrons. The zero-order valence-corrected chi connectivity index (χ0v) is 13.7. The number of hydrogen-bond acceptors (Lipinski definition) is 5. The third-order valence-corrected chi connectivity index (χ3v) is 5.70. The highest BCUT2D eigenvalue weighted by Crippen LogP contribution is 2.38. The molecule has 1 fully saturated rings. The minimum atomic E-state index is -3.82. The summed E-state index contributed by atoms with van der Waals surface area (Å²) in [6, 6.07) is 11.4. The SMILES string of the molecule is O=C1CS(=O)(=O)C(c2cccc([N+](=O)[O-])c2)N1c1ccc(Cl)cc1. The lowest BCUT2D eigenvalue weighted by Crippen LogP contribution is -2.29. The number of nitro groups is 1. The molecule has 1 saturated heterocycles. The molecule has 1 unspecified atom stereocenters. The van der Waals surface area contributed by atoms with Crippen molar-refractivity contribution in [3.63, 3.8) is 0 Å². The first-order valence-electron chi connectivity index (χ1n) is 6.83. The van der Waals surface area contributed by atoms with E-state index >= 15 is 0 Å². The summed E-state index contributed by atoms with van der Waals surface area (Å²) in [6.07, 6.45) is 0. The molecular weight excluding hydrogens is 356 g/mol. The molecule has 9 heteroatoms. The molecule has 124 valence electrons. The fourth-order valence-corrected chi connectivity index (χ4v) is 4.53. The average Bonchev–Trinajstić information content (AvgIpc) is 2.77. The van der Waals surface area contributed by atoms with Gasteiger partial charge in [0.15, 0.2) is 15.2 Å². The first-order valence-corrected chi connectivity index (χ1v) is 8.92. The van der Waals surface area contributed by atoms with Gasteiger partial charge in [-0.1, -0.05) is 23.7 Å². The van der Waals surface area contributed by atoms with E-state index in [0.29, 0.717) is 10.7 Å². The Morgan fingerprint density at radius 2 is 1.83 bits per heavy atom. The van der Waals surface area contributed by atoms with Crippen LogP contribution in [0, 0.1) is 10.1 Å². The Bertz CT molecular complexity index is 927. The summed E-state index contributed by atoms with van der Waals surface area (Å²) >= 11 is 5.82. The number of rotatable bonds is 3. The summed E-state index contributed by atoms with van der Waals surface area (Å²) in [5.74, 6) is -1.24. The molecule has 0 saturated carbocycles. The number of carbonyl (C=O) groups is 1. The summed E-state index contributed by atoms with van der Waals surface area (Å²) in [6.45, 7) is 0. The van der Waals surface area contributed by atoms with Crippen molar-refractivity contribution < 1.29 is 18.1 Å². The van der Waals surface area contributed by atoms with E-state index in [1.165, 1.54) is 36.4 Å². The van der Waals surface area contributed by atoms with Crippen LogP contribution < -0.4 is 4.90 Å². The van der Waals surface area contributed by atoms with Gasteiger partial charge in [-0.3, -0.25) is 19.8 Å². The van der Waals surface area contributed by atoms with Gasteiger partial charge in [0, 0.05) is 22.8 Å². The van der Waals surface area contributed by atoms with Gasteiger partial charge in [0.25, 0.3) is 5.69 Å². The number of non-ortho nitro benzene ring substituents is 1. The summed E-state index contributed by atoms with van der Waals surface area (Å²) < 4.78 is 24.9. The van der Waals surface area contributed by atoms with E-state index in [1.54, 1.807) is 12.1 Å². The Kier molecular flexibility index (Phi) is 4.02. The monoisotopic (exact) mass is 366 g/mol. The van der Waals surface area contributed by atoms with Gasteiger partial charge in [-0.05, 0) is 29.8 Å². The van der Waals surface area contributed by atoms with Gasteiger partial charge in [-0.15, -0.1) is 0 Å². The van der Waals surface area contributed by atoms with Crippen LogP contribution in [-0.2, 0) is 14.6 Å². The largest absolute Gasteiger partial charge is 0.290 e. The lowest BCUT2D eigenvalue weighted by Gasteiger charge is -2.23. The lowest BCUT2D eigenvalue weighted by molar-refractivity contribution is -0.384. The van der Waals surface area contributed by atoms with Crippen molar-refractivity contribution in [2.45, 2.75) is 5.37 Å². The Labute approximate surface area is 142 Å². The minimum absolute atomic E-state index is 0.171. The van der Waals surface area contributed by atoms with Crippen LogP contribution >= 0.6 is 11.6 Å². The lowest BCUT2D eigenvalue weighted by atomic mass is 10.1. The van der Waals surface area contributed by atoms with E-state index in [2.05, 4.69) is 0 Å². The highest BCUT2D eigenvalue weighted by molar-refractivity contribution is 7.93. The fraction of sp³-hybridized carbons (Fsp3) is 0.133. The second-order valence-electron chi connectivity index (χ2n) is 5.25. The zero-order chi connectivity index (χ0) is 17.5. The van der Waals surface area contributed by atoms with Crippen molar-refractivity contribution in [3.05, 3.63) is 69.2 Å². The van der Waals surface area contributed by atoms with Crippen molar-refractivity contribution in [1.29, 1.82) is 0 Å². The minimum Gasteiger partial charge on any atom is -0.290 e. The number of halogens is 1. The zero-order valence-electron chi connectivity index (χ0n) is 12.1. The molecule has 0 bridgehead atoms. The van der Waals surface area contributed by atoms with Crippen LogP contribution in [0.5, 0.6) is 0 Å². The first kappa shape index (κ1) is 16.4. The first-order chi connectivity index (χ1) is 11.3. The van der Waals surface area contributed by atoms with E-state index in [-0.39, 0.29) is 11.3 Å². The van der Waals surface area contributed by atoms with Gasteiger partial charge in [0.1, 0.15) is 5.75 Å². The van der Waals surface area contributed by atoms with E-state index in [1.807, 2.05) is 0 Å². The summed E-state index contributed by atoms with van der Waals surface area (Å²) in [5, 5.41) is 10.1. The molecule has 2 aromatic rings. The van der Waals surface area contributed by atoms with Gasteiger partial charge in [-0.25, -0.2) is 8.42 Å². The van der Waals surface area contributed by atoms with Crippen LogP contribution in [0.2, 0.25) is 5.02 Å². The smallest absolute Gasteiger partial charge is 0.269 e. The van der Waals surface area contributed by atoms with E-state index in [0.717, 1.165) is 4.90 Å². The van der Waals surface area contributed by atoms with Crippen LogP contribution in [0.3, 0.4) is 0 Å². The molecule has 1 aliphatic rings. The third kappa shape index (κ3) is 2.85. The standard InChI is InChI=1S/C15H11ClN2O5S/c16-11-4-6-12(7-5-11)17-14(19)9-24(22,23)15(17)10-2-1-3-13(8-10)18(20)21/h1-8,15H,9H2. The number of benzene rings is 2. The van der Waals surface area contributed by atoms with Crippen molar-refractivity contribution >= 4 is 38.7 Å². The molecule has 0 aliphatic carbocycles. The molecule has 0 aromatic heterocycles. The molecule has 1 atom stereocenters. The van der Waals surface area contributed by atoms with Crippen LogP contribution in [0.4, 0.5) is 11.4 Å². The molecule has 2 aromatic carbocycles. The van der Waals surface area contributed by atoms with E-state index < -0.39 is 31.8 Å². The molecule has 1 heterocycles. The van der Waals surface area contributed by atoms with Crippen LogP contribution in [0.15, 0.2) is 48.5 Å². The predicted molar refractivity (Wildman–Crippen MR) is 88.6 cm³/mol. The predicted octanol–water partition coefficient (Wildman–Crippen LogP) is 2.71. The number of sulfone groups is 1. The van der Waals surface area contributed by atoms with Crippen molar-refractivity contribution in [3.8, 4) is 0 Å². The molecular formula is C15H11ClN2O5S. The van der Waals surface area contributed by atoms with Gasteiger partial charge in [0.05, 0.1) is 4.92 Å². The average molecular weight is 367 g/mol. The highest BCUT2D eigenvalue weighted by Gasteiger charge is 2.46. The van der Waals surface area contributed by atoms with Gasteiger partial charge < -0.3 is 0 Å². The Balaban J connectivity index is 2.14. The molecule has 24 heavy (non-hydrogen) atoms. The van der Waals surface area contributed by atoms with Crippen LogP contribution in [0.1, 0.15) is 10.9 Å².